The number of ether oxygens (including phenoxy) is 1. The Labute approximate surface area is 79.8 Å². The zero-order valence-corrected chi connectivity index (χ0v) is 8.12. The van der Waals surface area contributed by atoms with Gasteiger partial charge >= 0.3 is 0 Å². The maximum Gasteiger partial charge on any atom is 0.100 e. The van der Waals surface area contributed by atoms with E-state index in [9.17, 15) is 0 Å². The highest BCUT2D eigenvalue weighted by Gasteiger charge is 2.12. The number of rotatable bonds is 4. The molecule has 1 saturated heterocycles. The number of hydrogen-bond acceptors (Lipinski definition) is 3. The van der Waals surface area contributed by atoms with Crippen LogP contribution in [0.5, 0.6) is 0 Å². The summed E-state index contributed by atoms with van der Waals surface area (Å²) in [7, 11) is 0. The second-order valence-corrected chi connectivity index (χ2v) is 3.37. The van der Waals surface area contributed by atoms with Gasteiger partial charge in [0, 0.05) is 19.2 Å². The largest absolute Gasteiger partial charge is 0.392 e. The zero-order valence-electron chi connectivity index (χ0n) is 8.12. The van der Waals surface area contributed by atoms with Gasteiger partial charge in [-0.2, -0.15) is 0 Å². The van der Waals surface area contributed by atoms with Crippen LogP contribution in [0.25, 0.3) is 0 Å². The van der Waals surface area contributed by atoms with Crippen molar-refractivity contribution >= 4 is 0 Å². The van der Waals surface area contributed by atoms with E-state index in [0.717, 1.165) is 31.6 Å². The first-order chi connectivity index (χ1) is 6.33. The molecule has 3 nitrogen and oxygen atoms in total. The van der Waals surface area contributed by atoms with Crippen molar-refractivity contribution < 1.29 is 9.84 Å². The number of nitrogens with one attached hydrogen (secondary N) is 1. The first-order valence-electron chi connectivity index (χ1n) is 4.77. The standard InChI is InChI=1S/C10H18NO2/c1-9(7-12)4-5-11-10-3-2-6-13-8-10/h4,8,10-12H,2-3,5-7H2,1H3/b9-4-. The predicted molar refractivity (Wildman–Crippen MR) is 52.1 cm³/mol. The molecule has 1 unspecified atom stereocenters. The SMILES string of the molecule is C/C(=C/CNC1[CH]OCCC1)CO. The topological polar surface area (TPSA) is 41.5 Å². The summed E-state index contributed by atoms with van der Waals surface area (Å²) in [6, 6.07) is 0.372. The predicted octanol–water partition coefficient (Wildman–Crippen LogP) is 0.855. The highest BCUT2D eigenvalue weighted by molar-refractivity contribution is 4.99. The van der Waals surface area contributed by atoms with Gasteiger partial charge in [-0.1, -0.05) is 11.6 Å². The molecule has 2 N–H and O–H groups in total. The molecule has 1 aliphatic heterocycles. The highest BCUT2D eigenvalue weighted by Crippen LogP contribution is 2.09. The van der Waals surface area contributed by atoms with Crippen molar-refractivity contribution in [3.63, 3.8) is 0 Å². The molecule has 1 rings (SSSR count). The fraction of sp³-hybridized carbons (Fsp3) is 0.700. The van der Waals surface area contributed by atoms with Gasteiger partial charge in [-0.05, 0) is 19.8 Å². The third kappa shape index (κ3) is 4.41. The Balaban J connectivity index is 2.10. The van der Waals surface area contributed by atoms with Crippen LogP contribution in [0.4, 0.5) is 0 Å². The minimum Gasteiger partial charge on any atom is -0.392 e. The molecule has 0 bridgehead atoms. The van der Waals surface area contributed by atoms with Crippen molar-refractivity contribution in [3.05, 3.63) is 18.3 Å². The van der Waals surface area contributed by atoms with E-state index >= 15 is 0 Å². The number of hydrogen-bond donors (Lipinski definition) is 2. The minimum atomic E-state index is 0.145. The van der Waals surface area contributed by atoms with Gasteiger partial charge in [0.2, 0.25) is 0 Å². The van der Waals surface area contributed by atoms with Crippen LogP contribution >= 0.6 is 0 Å². The molecule has 0 aliphatic carbocycles. The smallest absolute Gasteiger partial charge is 0.100 e. The van der Waals surface area contributed by atoms with Gasteiger partial charge < -0.3 is 15.2 Å². The van der Waals surface area contributed by atoms with E-state index in [4.69, 9.17) is 9.84 Å². The monoisotopic (exact) mass is 184 g/mol. The lowest BCUT2D eigenvalue weighted by atomic mass is 10.1. The second kappa shape index (κ2) is 6.13. The highest BCUT2D eigenvalue weighted by atomic mass is 16.5. The molecule has 0 aromatic carbocycles. The molecule has 1 aliphatic rings. The van der Waals surface area contributed by atoms with Crippen LogP contribution in [0, 0.1) is 6.61 Å². The van der Waals surface area contributed by atoms with Crippen molar-refractivity contribution in [2.24, 2.45) is 0 Å². The Bertz CT molecular complexity index is 162. The zero-order chi connectivity index (χ0) is 9.52. The lowest BCUT2D eigenvalue weighted by molar-refractivity contribution is 0.131. The van der Waals surface area contributed by atoms with Gasteiger partial charge in [0.25, 0.3) is 0 Å². The van der Waals surface area contributed by atoms with Gasteiger partial charge in [-0.25, -0.2) is 0 Å². The van der Waals surface area contributed by atoms with Crippen molar-refractivity contribution in [1.29, 1.82) is 0 Å². The van der Waals surface area contributed by atoms with E-state index in [0.29, 0.717) is 6.04 Å². The normalized spacial score (nSPS) is 24.8. The Kier molecular flexibility index (Phi) is 5.05. The third-order valence-corrected chi connectivity index (χ3v) is 2.12. The van der Waals surface area contributed by atoms with Gasteiger partial charge in [-0.3, -0.25) is 0 Å². The molecule has 0 saturated carbocycles. The molecule has 1 atom stereocenters. The summed E-state index contributed by atoms with van der Waals surface area (Å²) in [5, 5.41) is 12.1. The Morgan fingerprint density at radius 1 is 1.77 bits per heavy atom. The van der Waals surface area contributed by atoms with Gasteiger partial charge in [-0.15, -0.1) is 0 Å². The maximum absolute atomic E-state index is 8.74. The molecule has 0 amide bonds. The molecule has 1 radical (unpaired) electrons. The fourth-order valence-electron chi connectivity index (χ4n) is 1.24. The van der Waals surface area contributed by atoms with E-state index in [1.807, 2.05) is 19.6 Å². The summed E-state index contributed by atoms with van der Waals surface area (Å²) in [5.74, 6) is 0. The Hall–Kier alpha value is -0.380. The lowest BCUT2D eigenvalue weighted by Gasteiger charge is -2.21. The number of aliphatic hydroxyl groups is 1. The molecule has 0 spiro atoms. The van der Waals surface area contributed by atoms with Crippen LogP contribution in [0.3, 0.4) is 0 Å². The summed E-state index contributed by atoms with van der Waals surface area (Å²) in [6.07, 6.45) is 4.27. The first kappa shape index (κ1) is 10.7. The molecular formula is C10H18NO2. The Morgan fingerprint density at radius 2 is 2.62 bits per heavy atom. The maximum atomic E-state index is 8.74. The van der Waals surface area contributed by atoms with Gasteiger partial charge in [0.15, 0.2) is 0 Å². The average molecular weight is 184 g/mol. The molecule has 0 aromatic heterocycles. The molecule has 1 fully saturated rings. The third-order valence-electron chi connectivity index (χ3n) is 2.12. The fourth-order valence-corrected chi connectivity index (χ4v) is 1.24. The molecule has 3 heteroatoms. The summed E-state index contributed by atoms with van der Waals surface area (Å²) >= 11 is 0. The van der Waals surface area contributed by atoms with E-state index in [1.54, 1.807) is 0 Å². The second-order valence-electron chi connectivity index (χ2n) is 3.37. The minimum absolute atomic E-state index is 0.145. The van der Waals surface area contributed by atoms with Crippen LogP contribution in [0.15, 0.2) is 11.6 Å². The van der Waals surface area contributed by atoms with Crippen LogP contribution in [-0.2, 0) is 4.74 Å². The van der Waals surface area contributed by atoms with Crippen molar-refractivity contribution in [2.75, 3.05) is 19.8 Å². The van der Waals surface area contributed by atoms with Gasteiger partial charge in [0.05, 0.1) is 6.61 Å². The molecular weight excluding hydrogens is 166 g/mol. The van der Waals surface area contributed by atoms with E-state index in [-0.39, 0.29) is 6.61 Å². The van der Waals surface area contributed by atoms with E-state index in [2.05, 4.69) is 5.32 Å². The summed E-state index contributed by atoms with van der Waals surface area (Å²) in [5.41, 5.74) is 1.00. The Morgan fingerprint density at radius 3 is 3.23 bits per heavy atom. The lowest BCUT2D eigenvalue weighted by Crippen LogP contribution is -2.33. The van der Waals surface area contributed by atoms with Crippen LogP contribution < -0.4 is 5.32 Å². The van der Waals surface area contributed by atoms with Crippen molar-refractivity contribution in [1.82, 2.24) is 5.32 Å². The summed E-state index contributed by atoms with van der Waals surface area (Å²) in [4.78, 5) is 0. The molecule has 13 heavy (non-hydrogen) atoms. The van der Waals surface area contributed by atoms with E-state index in [1.165, 1.54) is 0 Å². The molecule has 0 aromatic rings. The molecule has 1 heterocycles. The van der Waals surface area contributed by atoms with Crippen molar-refractivity contribution in [3.8, 4) is 0 Å². The van der Waals surface area contributed by atoms with Crippen LogP contribution in [-0.4, -0.2) is 30.9 Å². The average Bonchev–Trinajstić information content (AvgIpc) is 2.19. The van der Waals surface area contributed by atoms with Gasteiger partial charge in [0.1, 0.15) is 6.61 Å². The summed E-state index contributed by atoms with van der Waals surface area (Å²) < 4.78 is 5.21. The number of aliphatic hydroxyl groups excluding tert-OH is 1. The first-order valence-corrected chi connectivity index (χ1v) is 4.77. The van der Waals surface area contributed by atoms with Crippen molar-refractivity contribution in [2.45, 2.75) is 25.8 Å². The van der Waals surface area contributed by atoms with E-state index < -0.39 is 0 Å². The summed E-state index contributed by atoms with van der Waals surface area (Å²) in [6.45, 7) is 5.58. The van der Waals surface area contributed by atoms with Crippen LogP contribution in [0.1, 0.15) is 19.8 Å². The van der Waals surface area contributed by atoms with Crippen LogP contribution in [0.2, 0.25) is 0 Å². The quantitative estimate of drug-likeness (QED) is 0.637. The molecule has 75 valence electrons.